The van der Waals surface area contributed by atoms with Crippen LogP contribution in [0.4, 0.5) is 0 Å². The van der Waals surface area contributed by atoms with Crippen LogP contribution < -0.4 is 0 Å². The van der Waals surface area contributed by atoms with Crippen molar-refractivity contribution >= 4 is 23.3 Å². The van der Waals surface area contributed by atoms with Gasteiger partial charge in [0, 0.05) is 0 Å². The number of rotatable bonds is 3. The zero-order valence-electron chi connectivity index (χ0n) is 5.96. The summed E-state index contributed by atoms with van der Waals surface area (Å²) in [6, 6.07) is -0.470. The summed E-state index contributed by atoms with van der Waals surface area (Å²) in [4.78, 5) is 14.3. The van der Waals surface area contributed by atoms with Crippen molar-refractivity contribution in [3.05, 3.63) is 0 Å². The Labute approximate surface area is 65.1 Å². The fourth-order valence-electron chi connectivity index (χ4n) is 0.510. The van der Waals surface area contributed by atoms with E-state index in [9.17, 15) is 4.79 Å². The van der Waals surface area contributed by atoms with E-state index >= 15 is 0 Å². The van der Waals surface area contributed by atoms with Crippen LogP contribution in [0.2, 0.25) is 0 Å². The number of hydrogen-bond donors (Lipinski definition) is 0. The van der Waals surface area contributed by atoms with Gasteiger partial charge >= 0.3 is 5.97 Å². The van der Waals surface area contributed by atoms with E-state index in [0.29, 0.717) is 6.42 Å². The second-order valence-corrected chi connectivity index (χ2v) is 1.85. The minimum Gasteiger partial charge on any atom is -0.467 e. The van der Waals surface area contributed by atoms with Gasteiger partial charge in [-0.2, -0.15) is 0 Å². The van der Waals surface area contributed by atoms with Crippen LogP contribution in [0.15, 0.2) is 4.99 Å². The van der Waals surface area contributed by atoms with Crippen LogP contribution in [0, 0.1) is 0 Å². The van der Waals surface area contributed by atoms with E-state index in [-0.39, 0.29) is 5.97 Å². The number of aliphatic imine (C=N–C) groups is 1. The molecule has 0 saturated heterocycles. The smallest absolute Gasteiger partial charge is 0.331 e. The predicted molar refractivity (Wildman–Crippen MR) is 41.1 cm³/mol. The molecule has 3 nitrogen and oxygen atoms in total. The Morgan fingerprint density at radius 2 is 2.50 bits per heavy atom. The highest BCUT2D eigenvalue weighted by Crippen LogP contribution is 1.97. The number of esters is 1. The van der Waals surface area contributed by atoms with Gasteiger partial charge in [-0.3, -0.25) is 0 Å². The largest absolute Gasteiger partial charge is 0.467 e. The van der Waals surface area contributed by atoms with Gasteiger partial charge in [0.1, 0.15) is 0 Å². The first-order valence-electron chi connectivity index (χ1n) is 2.91. The highest BCUT2D eigenvalue weighted by Gasteiger charge is 2.13. The minimum absolute atomic E-state index is 0.361. The molecule has 0 saturated carbocycles. The van der Waals surface area contributed by atoms with Gasteiger partial charge in [-0.15, -0.1) is 0 Å². The van der Waals surface area contributed by atoms with Crippen molar-refractivity contribution in [2.24, 2.45) is 4.99 Å². The molecular formula is C6H9NO2S. The molecule has 1 atom stereocenters. The molecule has 0 fully saturated rings. The molecule has 0 spiro atoms. The first kappa shape index (κ1) is 9.27. The topological polar surface area (TPSA) is 38.7 Å². The lowest BCUT2D eigenvalue weighted by Crippen LogP contribution is -2.18. The lowest BCUT2D eigenvalue weighted by Gasteiger charge is -2.03. The molecule has 0 bridgehead atoms. The maximum Gasteiger partial charge on any atom is 0.331 e. The van der Waals surface area contributed by atoms with Crippen LogP contribution in [0.5, 0.6) is 0 Å². The molecule has 0 aliphatic heterocycles. The number of carbonyl (C=O) groups excluding carboxylic acids is 1. The van der Waals surface area contributed by atoms with Gasteiger partial charge in [0.25, 0.3) is 0 Å². The molecule has 0 unspecified atom stereocenters. The van der Waals surface area contributed by atoms with Crippen molar-refractivity contribution in [1.82, 2.24) is 0 Å². The summed E-state index contributed by atoms with van der Waals surface area (Å²) in [7, 11) is 1.32. The van der Waals surface area contributed by atoms with Gasteiger partial charge < -0.3 is 4.74 Å². The van der Waals surface area contributed by atoms with Crippen molar-refractivity contribution in [3.8, 4) is 0 Å². The van der Waals surface area contributed by atoms with Crippen molar-refractivity contribution < 1.29 is 9.53 Å². The number of nitrogens with zero attached hydrogens (tertiary/aromatic N) is 1. The minimum atomic E-state index is -0.470. The number of ether oxygens (including phenoxy) is 1. The van der Waals surface area contributed by atoms with E-state index < -0.39 is 6.04 Å². The second-order valence-electron chi connectivity index (χ2n) is 1.67. The summed E-state index contributed by atoms with van der Waals surface area (Å²) in [5, 5.41) is 2.14. The summed E-state index contributed by atoms with van der Waals surface area (Å²) in [6.45, 7) is 1.83. The highest BCUT2D eigenvalue weighted by atomic mass is 32.1. The Kier molecular flexibility index (Phi) is 4.72. The van der Waals surface area contributed by atoms with Gasteiger partial charge in [0.05, 0.1) is 12.3 Å². The molecule has 0 aliphatic carbocycles. The van der Waals surface area contributed by atoms with Crippen molar-refractivity contribution in [2.45, 2.75) is 19.4 Å². The van der Waals surface area contributed by atoms with Gasteiger partial charge in [0.15, 0.2) is 6.04 Å². The number of isothiocyanates is 1. The van der Waals surface area contributed by atoms with Gasteiger partial charge in [-0.1, -0.05) is 6.92 Å². The average molecular weight is 159 g/mol. The lowest BCUT2D eigenvalue weighted by atomic mass is 10.2. The maximum absolute atomic E-state index is 10.7. The van der Waals surface area contributed by atoms with E-state index in [1.165, 1.54) is 7.11 Å². The molecule has 0 heterocycles. The Morgan fingerprint density at radius 1 is 1.90 bits per heavy atom. The Morgan fingerprint density at radius 3 is 2.80 bits per heavy atom. The third-order valence-electron chi connectivity index (χ3n) is 1.07. The van der Waals surface area contributed by atoms with Crippen molar-refractivity contribution in [3.63, 3.8) is 0 Å². The predicted octanol–water partition coefficient (Wildman–Crippen LogP) is 1.04. The van der Waals surface area contributed by atoms with Crippen molar-refractivity contribution in [1.29, 1.82) is 0 Å². The van der Waals surface area contributed by atoms with E-state index in [1.807, 2.05) is 6.92 Å². The molecule has 0 radical (unpaired) electrons. The summed E-state index contributed by atoms with van der Waals surface area (Å²) in [6.07, 6.45) is 0.594. The maximum atomic E-state index is 10.7. The molecule has 0 N–H and O–H groups in total. The van der Waals surface area contributed by atoms with Crippen LogP contribution in [-0.4, -0.2) is 24.3 Å². The molecule has 0 aliphatic rings. The zero-order valence-corrected chi connectivity index (χ0v) is 6.77. The first-order chi connectivity index (χ1) is 4.76. The average Bonchev–Trinajstić information content (AvgIpc) is 1.99. The molecule has 56 valence electrons. The van der Waals surface area contributed by atoms with E-state index in [0.717, 1.165) is 0 Å². The molecule has 0 aromatic rings. The number of methoxy groups -OCH3 is 1. The SMILES string of the molecule is CC[C@@H](N=C=S)C(=O)OC. The van der Waals surface area contributed by atoms with Crippen LogP contribution in [0.3, 0.4) is 0 Å². The normalized spacial score (nSPS) is 11.4. The number of thiocarbonyl (C=S) groups is 1. The quantitative estimate of drug-likeness (QED) is 0.351. The third-order valence-corrected chi connectivity index (χ3v) is 1.17. The second kappa shape index (κ2) is 5.09. The summed E-state index contributed by atoms with van der Waals surface area (Å²) in [5.74, 6) is -0.361. The summed E-state index contributed by atoms with van der Waals surface area (Å²) in [5.41, 5.74) is 0. The monoisotopic (exact) mass is 159 g/mol. The molecule has 0 rings (SSSR count). The van der Waals surface area contributed by atoms with E-state index in [4.69, 9.17) is 0 Å². The Hall–Kier alpha value is -0.730. The Bertz CT molecular complexity index is 163. The zero-order chi connectivity index (χ0) is 7.98. The third kappa shape index (κ3) is 2.71. The lowest BCUT2D eigenvalue weighted by molar-refractivity contribution is -0.142. The van der Waals surface area contributed by atoms with E-state index in [1.54, 1.807) is 0 Å². The van der Waals surface area contributed by atoms with Gasteiger partial charge in [-0.05, 0) is 18.6 Å². The van der Waals surface area contributed by atoms with E-state index in [2.05, 4.69) is 27.1 Å². The fourth-order valence-corrected chi connectivity index (χ4v) is 0.638. The van der Waals surface area contributed by atoms with Crippen LogP contribution in [-0.2, 0) is 9.53 Å². The number of hydrogen-bond acceptors (Lipinski definition) is 4. The molecule has 0 aromatic carbocycles. The fraction of sp³-hybridized carbons (Fsp3) is 0.667. The highest BCUT2D eigenvalue weighted by molar-refractivity contribution is 7.78. The summed E-state index contributed by atoms with van der Waals surface area (Å²) < 4.78 is 4.44. The van der Waals surface area contributed by atoms with Crippen LogP contribution in [0.25, 0.3) is 0 Å². The number of carbonyl (C=O) groups is 1. The molecular weight excluding hydrogens is 150 g/mol. The Balaban J connectivity index is 4.05. The van der Waals surface area contributed by atoms with Crippen LogP contribution >= 0.6 is 12.2 Å². The van der Waals surface area contributed by atoms with Crippen LogP contribution in [0.1, 0.15) is 13.3 Å². The van der Waals surface area contributed by atoms with Crippen molar-refractivity contribution in [2.75, 3.05) is 7.11 Å². The molecule has 10 heavy (non-hydrogen) atoms. The standard InChI is InChI=1S/C6H9NO2S/c1-3-5(7-4-10)6(8)9-2/h5H,3H2,1-2H3/t5-/m1/s1. The summed E-state index contributed by atoms with van der Waals surface area (Å²) >= 11 is 4.34. The molecule has 4 heteroatoms. The van der Waals surface area contributed by atoms with Gasteiger partial charge in [-0.25, -0.2) is 9.79 Å². The van der Waals surface area contributed by atoms with Gasteiger partial charge in [0.2, 0.25) is 0 Å². The molecule has 0 amide bonds. The first-order valence-corrected chi connectivity index (χ1v) is 3.31. The molecule has 0 aromatic heterocycles.